The highest BCUT2D eigenvalue weighted by Gasteiger charge is 2.30. The van der Waals surface area contributed by atoms with Gasteiger partial charge in [-0.15, -0.1) is 11.3 Å². The van der Waals surface area contributed by atoms with E-state index in [0.29, 0.717) is 12.3 Å². The Morgan fingerprint density at radius 3 is 0.977 bits per heavy atom. The van der Waals surface area contributed by atoms with Gasteiger partial charge in [0.15, 0.2) is 0 Å². The van der Waals surface area contributed by atoms with Crippen LogP contribution in [0.2, 0.25) is 0 Å². The molecule has 43 heavy (non-hydrogen) atoms. The van der Waals surface area contributed by atoms with Crippen LogP contribution in [0.5, 0.6) is 0 Å². The maximum Gasteiger partial charge on any atom is 0.147 e. The van der Waals surface area contributed by atoms with E-state index in [4.69, 9.17) is 0 Å². The third-order valence-corrected chi connectivity index (χ3v) is 15.6. The Bertz CT molecular complexity index is 1880. The average molecular weight is 613 g/mol. The molecule has 7 rings (SSSR count). The molecule has 0 aliphatic heterocycles. The molecule has 7 aromatic rings. The van der Waals surface area contributed by atoms with Gasteiger partial charge in [0.25, 0.3) is 0 Å². The van der Waals surface area contributed by atoms with E-state index in [0.717, 1.165) is 52.5 Å². The van der Waals surface area contributed by atoms with Gasteiger partial charge in [-0.2, -0.15) is 0 Å². The summed E-state index contributed by atoms with van der Waals surface area (Å²) in [5.41, 5.74) is 2.16. The van der Waals surface area contributed by atoms with Gasteiger partial charge in [-0.1, -0.05) is 158 Å². The molecule has 0 radical (unpaired) electrons. The van der Waals surface area contributed by atoms with Crippen molar-refractivity contribution in [3.05, 3.63) is 169 Å². The first-order valence-electron chi connectivity index (χ1n) is 14.4. The minimum absolute atomic E-state index is 0.438. The summed E-state index contributed by atoms with van der Waals surface area (Å²) in [6.07, 6.45) is 0.875. The molecule has 0 fully saturated rings. The summed E-state index contributed by atoms with van der Waals surface area (Å²) in [5, 5.41) is 5.78. The number of hydrogen-bond donors (Lipinski definition) is 0. The number of hydrogen-bond acceptors (Lipinski definition) is 3. The molecular weight excluding hydrogens is 582 g/mol. The van der Waals surface area contributed by atoms with Gasteiger partial charge < -0.3 is 9.13 Å². The summed E-state index contributed by atoms with van der Waals surface area (Å²) in [5.74, 6) is 0. The van der Waals surface area contributed by atoms with Crippen molar-refractivity contribution in [3.8, 4) is 0 Å². The molecule has 0 atom stereocenters. The molecule has 0 aliphatic rings. The molecule has 0 spiro atoms. The lowest BCUT2D eigenvalue weighted by Crippen LogP contribution is -2.17. The van der Waals surface area contributed by atoms with Crippen LogP contribution in [0.4, 0.5) is 0 Å². The zero-order valence-corrected chi connectivity index (χ0v) is 26.1. The average Bonchev–Trinajstić information content (AvgIpc) is 3.47. The van der Waals surface area contributed by atoms with Crippen molar-refractivity contribution >= 4 is 67.0 Å². The molecular formula is C38H30O2P2S. The Balaban J connectivity index is 1.37. The summed E-state index contributed by atoms with van der Waals surface area (Å²) in [6, 6.07) is 52.2. The van der Waals surface area contributed by atoms with E-state index in [1.165, 1.54) is 0 Å². The number of fused-ring (bicyclic) bond motifs is 3. The molecule has 0 bridgehead atoms. The first kappa shape index (κ1) is 27.8. The molecule has 2 nitrogen and oxygen atoms in total. The smallest absolute Gasteiger partial charge is 0.147 e. The van der Waals surface area contributed by atoms with Crippen LogP contribution < -0.4 is 21.2 Å². The maximum absolute atomic E-state index is 15.0. The Morgan fingerprint density at radius 1 is 0.372 bits per heavy atom. The first-order chi connectivity index (χ1) is 21.1. The minimum atomic E-state index is -2.96. The number of benzene rings is 6. The molecule has 210 valence electrons. The van der Waals surface area contributed by atoms with Crippen LogP contribution in [0.3, 0.4) is 0 Å². The van der Waals surface area contributed by atoms with Crippen molar-refractivity contribution in [1.82, 2.24) is 0 Å². The standard InChI is InChI=1S/C38H30O2P2S/c39-41(31-17-5-1-6-18-31,32-19-7-2-8-20-32)27-29-15-13-25-35-36-26-14-16-30(38(36)43-37(29)35)28-42(40,33-21-9-3-10-22-33)34-23-11-4-12-24-34/h1-26H,27-28H2. The summed E-state index contributed by atoms with van der Waals surface area (Å²) in [7, 11) is -5.91. The highest BCUT2D eigenvalue weighted by Crippen LogP contribution is 2.52. The van der Waals surface area contributed by atoms with Gasteiger partial charge in [0, 0.05) is 53.7 Å². The second kappa shape index (κ2) is 11.6. The maximum atomic E-state index is 15.0. The van der Waals surface area contributed by atoms with Crippen LogP contribution in [0.1, 0.15) is 11.1 Å². The van der Waals surface area contributed by atoms with Crippen molar-refractivity contribution in [2.24, 2.45) is 0 Å². The lowest BCUT2D eigenvalue weighted by atomic mass is 10.1. The van der Waals surface area contributed by atoms with E-state index >= 15 is 0 Å². The summed E-state index contributed by atoms with van der Waals surface area (Å²) in [4.78, 5) is 0. The van der Waals surface area contributed by atoms with Gasteiger partial charge in [-0.25, -0.2) is 0 Å². The largest absolute Gasteiger partial charge is 0.313 e. The lowest BCUT2D eigenvalue weighted by Gasteiger charge is -2.20. The van der Waals surface area contributed by atoms with Crippen LogP contribution >= 0.6 is 25.6 Å². The van der Waals surface area contributed by atoms with Crippen LogP contribution in [-0.4, -0.2) is 0 Å². The van der Waals surface area contributed by atoms with Gasteiger partial charge in [-0.3, -0.25) is 0 Å². The SMILES string of the molecule is O=P(Cc1cccc2c1sc1c(CP(=O)(c3ccccc3)c3ccccc3)cccc12)(c1ccccc1)c1ccccc1. The summed E-state index contributed by atoms with van der Waals surface area (Å²) >= 11 is 1.73. The molecule has 1 aromatic heterocycles. The van der Waals surface area contributed by atoms with E-state index in [9.17, 15) is 9.13 Å². The second-order valence-electron chi connectivity index (χ2n) is 10.8. The molecule has 0 N–H and O–H groups in total. The van der Waals surface area contributed by atoms with E-state index < -0.39 is 14.3 Å². The third-order valence-electron chi connectivity index (χ3n) is 8.17. The number of rotatable bonds is 8. The highest BCUT2D eigenvalue weighted by atomic mass is 32.1. The fraction of sp³-hybridized carbons (Fsp3) is 0.0526. The van der Waals surface area contributed by atoms with Crippen molar-refractivity contribution in [3.63, 3.8) is 0 Å². The zero-order chi connectivity index (χ0) is 29.3. The predicted molar refractivity (Wildman–Crippen MR) is 186 cm³/mol. The summed E-state index contributed by atoms with van der Waals surface area (Å²) < 4.78 is 32.3. The van der Waals surface area contributed by atoms with Gasteiger partial charge in [-0.05, 0) is 11.1 Å². The quantitative estimate of drug-likeness (QED) is 0.161. The first-order valence-corrected chi connectivity index (χ1v) is 19.0. The van der Waals surface area contributed by atoms with E-state index in [2.05, 4.69) is 36.4 Å². The lowest BCUT2D eigenvalue weighted by molar-refractivity contribution is 0.585. The second-order valence-corrected chi connectivity index (χ2v) is 17.5. The van der Waals surface area contributed by atoms with Gasteiger partial charge >= 0.3 is 0 Å². The summed E-state index contributed by atoms with van der Waals surface area (Å²) in [6.45, 7) is 0. The van der Waals surface area contributed by atoms with E-state index in [-0.39, 0.29) is 0 Å². The normalized spacial score (nSPS) is 12.1. The van der Waals surface area contributed by atoms with Gasteiger partial charge in [0.05, 0.1) is 0 Å². The fourth-order valence-corrected chi connectivity index (χ4v) is 13.0. The topological polar surface area (TPSA) is 34.1 Å². The van der Waals surface area contributed by atoms with Gasteiger partial charge in [0.2, 0.25) is 0 Å². The molecule has 0 saturated carbocycles. The van der Waals surface area contributed by atoms with Gasteiger partial charge in [0.1, 0.15) is 14.3 Å². The highest BCUT2D eigenvalue weighted by molar-refractivity contribution is 7.78. The van der Waals surface area contributed by atoms with Crippen LogP contribution in [0.15, 0.2) is 158 Å². The monoisotopic (exact) mass is 612 g/mol. The number of thiophene rings is 1. The fourth-order valence-electron chi connectivity index (χ4n) is 6.00. The predicted octanol–water partition coefficient (Wildman–Crippen LogP) is 9.08. The molecule has 5 heteroatoms. The van der Waals surface area contributed by atoms with Crippen LogP contribution in [0, 0.1) is 0 Å². The third kappa shape index (κ3) is 5.13. The molecule has 1 heterocycles. The Hall–Kier alpha value is -4.00. The Kier molecular flexibility index (Phi) is 7.50. The zero-order valence-electron chi connectivity index (χ0n) is 23.5. The van der Waals surface area contributed by atoms with Crippen LogP contribution in [0.25, 0.3) is 20.2 Å². The van der Waals surface area contributed by atoms with E-state index in [1.807, 2.05) is 121 Å². The van der Waals surface area contributed by atoms with Crippen molar-refractivity contribution < 1.29 is 9.13 Å². The molecule has 0 amide bonds. The van der Waals surface area contributed by atoms with Crippen molar-refractivity contribution in [2.75, 3.05) is 0 Å². The van der Waals surface area contributed by atoms with Crippen molar-refractivity contribution in [1.29, 1.82) is 0 Å². The molecule has 6 aromatic carbocycles. The van der Waals surface area contributed by atoms with Crippen molar-refractivity contribution in [2.45, 2.75) is 12.3 Å². The molecule has 0 aliphatic carbocycles. The molecule has 0 saturated heterocycles. The minimum Gasteiger partial charge on any atom is -0.313 e. The Labute approximate surface area is 256 Å². The van der Waals surface area contributed by atoms with Crippen LogP contribution in [-0.2, 0) is 21.5 Å². The molecule has 0 unspecified atom stereocenters. The Morgan fingerprint density at radius 2 is 0.674 bits per heavy atom. The van der Waals surface area contributed by atoms with E-state index in [1.54, 1.807) is 11.3 Å².